The third-order valence-corrected chi connectivity index (χ3v) is 4.39. The Hall–Kier alpha value is -2.02. The van der Waals surface area contributed by atoms with Gasteiger partial charge in [0.25, 0.3) is 0 Å². The van der Waals surface area contributed by atoms with Crippen LogP contribution < -0.4 is 10.1 Å². The van der Waals surface area contributed by atoms with Crippen LogP contribution in [0.3, 0.4) is 0 Å². The number of nitrogens with zero attached hydrogens (tertiary/aromatic N) is 3. The summed E-state index contributed by atoms with van der Waals surface area (Å²) in [6.07, 6.45) is 0.999. The number of methoxy groups -OCH3 is 1. The number of carbonyl (C=O) groups excluding carboxylic acids is 1. The first-order valence-electron chi connectivity index (χ1n) is 8.05. The van der Waals surface area contributed by atoms with E-state index in [4.69, 9.17) is 4.74 Å². The largest absolute Gasteiger partial charge is 0.495 e. The van der Waals surface area contributed by atoms with Gasteiger partial charge in [0.05, 0.1) is 18.6 Å². The van der Waals surface area contributed by atoms with Crippen LogP contribution in [0.4, 0.5) is 5.69 Å². The summed E-state index contributed by atoms with van der Waals surface area (Å²) >= 11 is 1.40. The molecule has 1 heterocycles. The molecule has 6 nitrogen and oxygen atoms in total. The minimum Gasteiger partial charge on any atom is -0.495 e. The van der Waals surface area contributed by atoms with Gasteiger partial charge >= 0.3 is 0 Å². The van der Waals surface area contributed by atoms with Crippen LogP contribution in [-0.2, 0) is 11.3 Å². The first-order valence-corrected chi connectivity index (χ1v) is 9.04. The Bertz CT molecular complexity index is 685. The van der Waals surface area contributed by atoms with Crippen molar-refractivity contribution in [1.29, 1.82) is 0 Å². The fourth-order valence-corrected chi connectivity index (χ4v) is 3.10. The van der Waals surface area contributed by atoms with E-state index in [0.29, 0.717) is 17.4 Å². The van der Waals surface area contributed by atoms with Crippen LogP contribution in [0.1, 0.15) is 38.9 Å². The van der Waals surface area contributed by atoms with Crippen LogP contribution in [0.5, 0.6) is 5.75 Å². The maximum Gasteiger partial charge on any atom is 0.234 e. The van der Waals surface area contributed by atoms with Crippen molar-refractivity contribution < 1.29 is 9.53 Å². The molecule has 24 heavy (non-hydrogen) atoms. The third kappa shape index (κ3) is 4.50. The van der Waals surface area contributed by atoms with Gasteiger partial charge in [-0.3, -0.25) is 4.79 Å². The second kappa shape index (κ2) is 8.73. The number of hydrogen-bond donors (Lipinski definition) is 1. The monoisotopic (exact) mass is 348 g/mol. The summed E-state index contributed by atoms with van der Waals surface area (Å²) in [5, 5.41) is 12.2. The first kappa shape index (κ1) is 18.3. The Morgan fingerprint density at radius 1 is 1.33 bits per heavy atom. The van der Waals surface area contributed by atoms with Crippen LogP contribution in [0.25, 0.3) is 0 Å². The van der Waals surface area contributed by atoms with Crippen molar-refractivity contribution in [2.75, 3.05) is 18.2 Å². The molecule has 0 aliphatic rings. The zero-order valence-electron chi connectivity index (χ0n) is 14.6. The minimum atomic E-state index is -0.0957. The van der Waals surface area contributed by atoms with Crippen molar-refractivity contribution >= 4 is 23.4 Å². The molecule has 0 saturated carbocycles. The lowest BCUT2D eigenvalue weighted by Gasteiger charge is -2.11. The summed E-state index contributed by atoms with van der Waals surface area (Å²) in [5.41, 5.74) is 0.670. The second-order valence-corrected chi connectivity index (χ2v) is 6.63. The number of rotatable bonds is 8. The molecule has 0 atom stereocenters. The van der Waals surface area contributed by atoms with E-state index in [9.17, 15) is 4.79 Å². The molecule has 0 bridgehead atoms. The lowest BCUT2D eigenvalue weighted by molar-refractivity contribution is -0.113. The van der Waals surface area contributed by atoms with E-state index in [0.717, 1.165) is 23.9 Å². The summed E-state index contributed by atoms with van der Waals surface area (Å²) in [6.45, 7) is 7.17. The van der Waals surface area contributed by atoms with Gasteiger partial charge in [-0.05, 0) is 18.6 Å². The number of benzene rings is 1. The summed E-state index contributed by atoms with van der Waals surface area (Å²) in [4.78, 5) is 12.2. The molecule has 2 rings (SSSR count). The Balaban J connectivity index is 2.01. The van der Waals surface area contributed by atoms with Gasteiger partial charge in [-0.25, -0.2) is 0 Å². The quantitative estimate of drug-likeness (QED) is 0.739. The Kier molecular flexibility index (Phi) is 6.66. The van der Waals surface area contributed by atoms with Gasteiger partial charge in [-0.2, -0.15) is 0 Å². The van der Waals surface area contributed by atoms with Crippen molar-refractivity contribution in [2.45, 2.75) is 44.8 Å². The molecule has 0 fully saturated rings. The average molecular weight is 348 g/mol. The Labute approximate surface area is 147 Å². The zero-order chi connectivity index (χ0) is 17.5. The highest BCUT2D eigenvalue weighted by molar-refractivity contribution is 7.99. The van der Waals surface area contributed by atoms with E-state index in [-0.39, 0.29) is 11.7 Å². The molecule has 7 heteroatoms. The zero-order valence-corrected chi connectivity index (χ0v) is 15.4. The molecule has 1 aromatic heterocycles. The smallest absolute Gasteiger partial charge is 0.234 e. The van der Waals surface area contributed by atoms with Crippen LogP contribution >= 0.6 is 11.8 Å². The predicted molar refractivity (Wildman–Crippen MR) is 96.7 cm³/mol. The van der Waals surface area contributed by atoms with E-state index < -0.39 is 0 Å². The molecular formula is C17H24N4O2S. The van der Waals surface area contributed by atoms with Crippen LogP contribution in [0.15, 0.2) is 29.4 Å². The fraction of sp³-hybridized carbons (Fsp3) is 0.471. The maximum absolute atomic E-state index is 12.2. The minimum absolute atomic E-state index is 0.0957. The third-order valence-electron chi connectivity index (χ3n) is 3.42. The Morgan fingerprint density at radius 2 is 2.08 bits per heavy atom. The number of amides is 1. The highest BCUT2D eigenvalue weighted by Crippen LogP contribution is 2.25. The summed E-state index contributed by atoms with van der Waals surface area (Å²) < 4.78 is 7.34. The summed E-state index contributed by atoms with van der Waals surface area (Å²) in [6, 6.07) is 7.36. The molecule has 0 radical (unpaired) electrons. The molecule has 0 unspecified atom stereocenters. The molecule has 1 amide bonds. The molecule has 0 aliphatic heterocycles. The van der Waals surface area contributed by atoms with Gasteiger partial charge in [-0.1, -0.05) is 44.7 Å². The van der Waals surface area contributed by atoms with Crippen molar-refractivity contribution in [3.63, 3.8) is 0 Å². The van der Waals surface area contributed by atoms with Crippen molar-refractivity contribution in [2.24, 2.45) is 0 Å². The van der Waals surface area contributed by atoms with E-state index in [1.807, 2.05) is 24.3 Å². The molecule has 0 spiro atoms. The summed E-state index contributed by atoms with van der Waals surface area (Å²) in [5.74, 6) is 2.09. The molecule has 2 aromatic rings. The number of ether oxygens (including phenoxy) is 1. The predicted octanol–water partition coefficient (Wildman–Crippen LogP) is 3.55. The van der Waals surface area contributed by atoms with E-state index in [2.05, 4.69) is 40.9 Å². The second-order valence-electron chi connectivity index (χ2n) is 5.68. The van der Waals surface area contributed by atoms with Gasteiger partial charge in [-0.15, -0.1) is 10.2 Å². The number of carbonyl (C=O) groups is 1. The summed E-state index contributed by atoms with van der Waals surface area (Å²) in [7, 11) is 1.58. The molecule has 130 valence electrons. The number of hydrogen-bond acceptors (Lipinski definition) is 5. The standard InChI is InChI=1S/C17H24N4O2S/c1-5-10-21-16(12(2)3)19-20-17(21)24-11-15(22)18-13-8-6-7-9-14(13)23-4/h6-9,12H,5,10-11H2,1-4H3,(H,18,22). The maximum atomic E-state index is 12.2. The van der Waals surface area contributed by atoms with Crippen molar-refractivity contribution in [3.8, 4) is 5.75 Å². The lowest BCUT2D eigenvalue weighted by Crippen LogP contribution is -2.15. The number of para-hydroxylation sites is 2. The van der Waals surface area contributed by atoms with E-state index in [1.54, 1.807) is 7.11 Å². The van der Waals surface area contributed by atoms with E-state index >= 15 is 0 Å². The molecule has 0 saturated heterocycles. The number of nitrogens with one attached hydrogen (secondary N) is 1. The van der Waals surface area contributed by atoms with Crippen LogP contribution in [0.2, 0.25) is 0 Å². The fourth-order valence-electron chi connectivity index (χ4n) is 2.33. The van der Waals surface area contributed by atoms with Gasteiger partial charge in [0.1, 0.15) is 11.6 Å². The van der Waals surface area contributed by atoms with E-state index in [1.165, 1.54) is 11.8 Å². The molecule has 1 N–H and O–H groups in total. The molecule has 1 aromatic carbocycles. The average Bonchev–Trinajstić information content (AvgIpc) is 2.97. The topological polar surface area (TPSA) is 69.0 Å². The van der Waals surface area contributed by atoms with Crippen molar-refractivity contribution in [3.05, 3.63) is 30.1 Å². The van der Waals surface area contributed by atoms with Gasteiger partial charge < -0.3 is 14.6 Å². The number of aromatic nitrogens is 3. The van der Waals surface area contributed by atoms with Gasteiger partial charge in [0.2, 0.25) is 5.91 Å². The van der Waals surface area contributed by atoms with Gasteiger partial charge in [0, 0.05) is 12.5 Å². The lowest BCUT2D eigenvalue weighted by atomic mass is 10.2. The molecular weight excluding hydrogens is 324 g/mol. The number of thioether (sulfide) groups is 1. The Morgan fingerprint density at radius 3 is 2.75 bits per heavy atom. The van der Waals surface area contributed by atoms with Crippen molar-refractivity contribution in [1.82, 2.24) is 14.8 Å². The first-order chi connectivity index (χ1) is 11.6. The number of anilines is 1. The van der Waals surface area contributed by atoms with Crippen LogP contribution in [0, 0.1) is 0 Å². The van der Waals surface area contributed by atoms with Gasteiger partial charge in [0.15, 0.2) is 5.16 Å². The SMILES string of the molecule is CCCn1c(SCC(=O)Nc2ccccc2OC)nnc1C(C)C. The van der Waals surface area contributed by atoms with Crippen LogP contribution in [-0.4, -0.2) is 33.5 Å². The highest BCUT2D eigenvalue weighted by atomic mass is 32.2. The molecule has 0 aliphatic carbocycles. The normalized spacial score (nSPS) is 10.9. The highest BCUT2D eigenvalue weighted by Gasteiger charge is 2.16.